The maximum atomic E-state index is 13.2. The molecule has 1 aliphatic heterocycles. The lowest BCUT2D eigenvalue weighted by atomic mass is 10.00. The van der Waals surface area contributed by atoms with E-state index >= 15 is 0 Å². The van der Waals surface area contributed by atoms with Gasteiger partial charge in [0.2, 0.25) is 0 Å². The van der Waals surface area contributed by atoms with Crippen molar-refractivity contribution in [3.05, 3.63) is 81.2 Å². The zero-order valence-electron chi connectivity index (χ0n) is 23.9. The van der Waals surface area contributed by atoms with Gasteiger partial charge in [-0.3, -0.25) is 9.59 Å². The summed E-state index contributed by atoms with van der Waals surface area (Å²) in [5.74, 6) is -1.05. The number of hydrogen-bond acceptors (Lipinski definition) is 6. The van der Waals surface area contributed by atoms with E-state index in [0.717, 1.165) is 22.9 Å². The number of hydrogen-bond donors (Lipinski definition) is 0. The van der Waals surface area contributed by atoms with Gasteiger partial charge in [0, 0.05) is 18.0 Å². The smallest absolute Gasteiger partial charge is 0.266 e. The molecule has 0 spiro atoms. The molecule has 2 aromatic carbocycles. The number of fused-ring (bicyclic) bond motifs is 1. The molecule has 41 heavy (non-hydrogen) atoms. The minimum Gasteiger partial charge on any atom is -0.363 e. The molecule has 7 heteroatoms. The summed E-state index contributed by atoms with van der Waals surface area (Å²) in [6.07, 6.45) is 13.6. The molecule has 4 rings (SSSR count). The number of unbranched alkanes of at least 4 members (excludes halogenated alkanes) is 6. The van der Waals surface area contributed by atoms with Crippen LogP contribution < -0.4 is 9.80 Å². The van der Waals surface area contributed by atoms with Crippen molar-refractivity contribution < 1.29 is 9.59 Å². The molecule has 0 N–H and O–H groups in total. The van der Waals surface area contributed by atoms with Gasteiger partial charge in [-0.2, -0.15) is 10.5 Å². The maximum absolute atomic E-state index is 13.2. The predicted molar refractivity (Wildman–Crippen MR) is 167 cm³/mol. The first-order valence-electron chi connectivity index (χ1n) is 14.5. The lowest BCUT2D eigenvalue weighted by molar-refractivity contribution is 0.0926. The van der Waals surface area contributed by atoms with Crippen LogP contribution in [0.2, 0.25) is 0 Å². The summed E-state index contributed by atoms with van der Waals surface area (Å²) in [4.78, 5) is 30.9. The molecule has 0 aliphatic carbocycles. The van der Waals surface area contributed by atoms with Gasteiger partial charge in [-0.05, 0) is 54.8 Å². The molecule has 0 atom stereocenters. The predicted octanol–water partition coefficient (Wildman–Crippen LogP) is 8.43. The highest BCUT2D eigenvalue weighted by Crippen LogP contribution is 2.36. The van der Waals surface area contributed by atoms with Crippen molar-refractivity contribution >= 4 is 46.0 Å². The van der Waals surface area contributed by atoms with Crippen LogP contribution in [-0.4, -0.2) is 24.9 Å². The van der Waals surface area contributed by atoms with E-state index in [9.17, 15) is 20.1 Å². The van der Waals surface area contributed by atoms with Gasteiger partial charge in [0.1, 0.15) is 12.1 Å². The van der Waals surface area contributed by atoms with Crippen molar-refractivity contribution in [2.75, 3.05) is 22.9 Å². The van der Waals surface area contributed by atoms with Gasteiger partial charge in [-0.1, -0.05) is 76.6 Å². The van der Waals surface area contributed by atoms with E-state index in [1.165, 1.54) is 56.4 Å². The molecule has 210 valence electrons. The second-order valence-electron chi connectivity index (χ2n) is 10.3. The lowest BCUT2D eigenvalue weighted by Crippen LogP contribution is -2.31. The third-order valence-corrected chi connectivity index (χ3v) is 8.49. The summed E-state index contributed by atoms with van der Waals surface area (Å²) in [6.45, 7) is 6.56. The molecule has 2 amide bonds. The molecule has 1 aromatic heterocycles. The third-order valence-electron chi connectivity index (χ3n) is 7.37. The Kier molecular flexibility index (Phi) is 10.5. The van der Waals surface area contributed by atoms with E-state index in [1.54, 1.807) is 47.7 Å². The number of thiophene rings is 1. The largest absolute Gasteiger partial charge is 0.363 e. The highest BCUT2D eigenvalue weighted by Gasteiger charge is 2.39. The summed E-state index contributed by atoms with van der Waals surface area (Å²) >= 11 is 1.72. The number of benzene rings is 2. The quantitative estimate of drug-likeness (QED) is 0.145. The van der Waals surface area contributed by atoms with E-state index in [2.05, 4.69) is 43.0 Å². The first-order chi connectivity index (χ1) is 20.0. The van der Waals surface area contributed by atoms with Gasteiger partial charge < -0.3 is 4.90 Å². The maximum Gasteiger partial charge on any atom is 0.266 e. The van der Waals surface area contributed by atoms with Crippen LogP contribution in [-0.2, 0) is 0 Å². The Labute approximate surface area is 247 Å². The van der Waals surface area contributed by atoms with Crippen LogP contribution in [0.25, 0.3) is 12.2 Å². The van der Waals surface area contributed by atoms with Crippen LogP contribution in [0.15, 0.2) is 48.5 Å². The van der Waals surface area contributed by atoms with Crippen molar-refractivity contribution in [1.82, 2.24) is 0 Å². The summed E-state index contributed by atoms with van der Waals surface area (Å²) < 4.78 is 0. The van der Waals surface area contributed by atoms with Crippen LogP contribution >= 0.6 is 11.3 Å². The van der Waals surface area contributed by atoms with Crippen LogP contribution in [0.1, 0.15) is 107 Å². The van der Waals surface area contributed by atoms with E-state index in [0.29, 0.717) is 5.56 Å². The minimum atomic E-state index is -0.527. The molecule has 0 fully saturated rings. The van der Waals surface area contributed by atoms with E-state index in [1.807, 2.05) is 12.2 Å². The summed E-state index contributed by atoms with van der Waals surface area (Å²) in [5, 5.41) is 21.2. The fourth-order valence-corrected chi connectivity index (χ4v) is 6.10. The summed E-state index contributed by atoms with van der Waals surface area (Å²) in [7, 11) is 0. The molecule has 1 aliphatic rings. The minimum absolute atomic E-state index is 0.0422. The lowest BCUT2D eigenvalue weighted by Gasteiger charge is -2.23. The number of nitrogens with zero attached hydrogens (tertiary/aromatic N) is 4. The Morgan fingerprint density at radius 2 is 1.41 bits per heavy atom. The number of carbonyl (C=O) groups excluding carboxylic acids is 2. The average molecular weight is 565 g/mol. The fraction of sp³-hybridized carbons (Fsp3) is 0.353. The Balaban J connectivity index is 1.59. The Hall–Kier alpha value is -4.20. The fourth-order valence-electron chi connectivity index (χ4n) is 5.14. The van der Waals surface area contributed by atoms with Crippen molar-refractivity contribution in [2.24, 2.45) is 0 Å². The van der Waals surface area contributed by atoms with Crippen molar-refractivity contribution in [3.63, 3.8) is 0 Å². The summed E-state index contributed by atoms with van der Waals surface area (Å²) in [6, 6.07) is 18.3. The van der Waals surface area contributed by atoms with Gasteiger partial charge >= 0.3 is 0 Å². The number of rotatable bonds is 14. The molecule has 0 saturated heterocycles. The highest BCUT2D eigenvalue weighted by molar-refractivity contribution is 7.17. The Morgan fingerprint density at radius 1 is 0.780 bits per heavy atom. The van der Waals surface area contributed by atoms with Crippen molar-refractivity contribution in [1.29, 1.82) is 10.5 Å². The first-order valence-corrected chi connectivity index (χ1v) is 15.3. The number of amides is 2. The first kappa shape index (κ1) is 29.8. The Morgan fingerprint density at radius 3 is 1.98 bits per heavy atom. The van der Waals surface area contributed by atoms with Crippen molar-refractivity contribution in [2.45, 2.75) is 65.2 Å². The Bertz CT molecular complexity index is 1460. The van der Waals surface area contributed by atoms with Gasteiger partial charge in [0.15, 0.2) is 0 Å². The number of imide groups is 1. The normalized spacial score (nSPS) is 12.5. The topological polar surface area (TPSA) is 88.2 Å². The number of carbonyl (C=O) groups is 2. The second-order valence-corrected chi connectivity index (χ2v) is 11.4. The average Bonchev–Trinajstić information content (AvgIpc) is 3.57. The van der Waals surface area contributed by atoms with Crippen LogP contribution in [0, 0.1) is 22.7 Å². The van der Waals surface area contributed by atoms with Gasteiger partial charge in [0.25, 0.3) is 11.8 Å². The zero-order chi connectivity index (χ0) is 29.2. The molecular weight excluding hydrogens is 528 g/mol. The number of anilines is 2. The SMILES string of the molecule is CCCCCCN(CCCCCC)c1ccc(/C=C/c2ccc(C#N)c(N3C(=O)c4ccccc4C3=O)c2C#N)s1. The van der Waals surface area contributed by atoms with Crippen LogP contribution in [0.4, 0.5) is 10.7 Å². The second kappa shape index (κ2) is 14.4. The molecule has 6 nitrogen and oxygen atoms in total. The van der Waals surface area contributed by atoms with Gasteiger partial charge in [-0.15, -0.1) is 11.3 Å². The highest BCUT2D eigenvalue weighted by atomic mass is 32.1. The van der Waals surface area contributed by atoms with E-state index in [-0.39, 0.29) is 27.9 Å². The molecule has 0 unspecified atom stereocenters. The molecule has 0 saturated carbocycles. The molecular formula is C34H36N4O2S. The summed E-state index contributed by atoms with van der Waals surface area (Å²) in [5.41, 5.74) is 1.36. The van der Waals surface area contributed by atoms with Crippen LogP contribution in [0.3, 0.4) is 0 Å². The van der Waals surface area contributed by atoms with Crippen LogP contribution in [0.5, 0.6) is 0 Å². The molecule has 0 radical (unpaired) electrons. The van der Waals surface area contributed by atoms with Gasteiger partial charge in [-0.25, -0.2) is 4.90 Å². The zero-order valence-corrected chi connectivity index (χ0v) is 24.7. The van der Waals surface area contributed by atoms with Gasteiger partial charge in [0.05, 0.1) is 32.9 Å². The third kappa shape index (κ3) is 6.76. The molecule has 3 aromatic rings. The standard InChI is InChI=1S/C34H36N4O2S/c1-3-5-7-11-21-37(22-12-8-6-4-2)31-20-19-27(41-31)18-17-25-15-16-26(23-35)32(30(25)24-36)38-33(39)28-13-9-10-14-29(28)34(38)40/h9-10,13-20H,3-8,11-12,21-22H2,1-2H3/b18-17+. The monoisotopic (exact) mass is 564 g/mol. The van der Waals surface area contributed by atoms with Crippen molar-refractivity contribution in [3.8, 4) is 12.1 Å². The molecule has 2 heterocycles. The molecule has 0 bridgehead atoms. The van der Waals surface area contributed by atoms with E-state index < -0.39 is 11.8 Å². The van der Waals surface area contributed by atoms with E-state index in [4.69, 9.17) is 0 Å². The number of nitriles is 2.